The Kier molecular flexibility index (Phi) is 6.50. The normalized spacial score (nSPS) is 15.9. The van der Waals surface area contributed by atoms with Crippen LogP contribution >= 0.6 is 15.9 Å². The van der Waals surface area contributed by atoms with Crippen molar-refractivity contribution < 1.29 is 9.59 Å². The molecule has 2 N–H and O–H groups in total. The molecule has 0 aromatic heterocycles. The fourth-order valence-electron chi connectivity index (χ4n) is 3.20. The molecule has 3 rings (SSSR count). The van der Waals surface area contributed by atoms with Crippen molar-refractivity contribution >= 4 is 33.6 Å². The number of carbonyl (C=O) groups excluding carboxylic acids is 2. The molecular formula is C21H24BrN3O2. The second-order valence-electron chi connectivity index (χ2n) is 6.93. The molecule has 1 saturated heterocycles. The van der Waals surface area contributed by atoms with E-state index in [1.165, 1.54) is 0 Å². The summed E-state index contributed by atoms with van der Waals surface area (Å²) in [6.45, 7) is 3.67. The SMILES string of the molecule is CC1CCN(C(=O)[C@@H](NC(=O)Nc2ccccc2Br)c2ccccc2)CC1. The molecule has 1 atom stereocenters. The lowest BCUT2D eigenvalue weighted by Gasteiger charge is -2.33. The van der Waals surface area contributed by atoms with E-state index >= 15 is 0 Å². The Morgan fingerprint density at radius 3 is 2.33 bits per heavy atom. The zero-order valence-corrected chi connectivity index (χ0v) is 16.9. The van der Waals surface area contributed by atoms with Gasteiger partial charge in [-0.15, -0.1) is 0 Å². The average Bonchev–Trinajstić information content (AvgIpc) is 2.69. The van der Waals surface area contributed by atoms with Crippen LogP contribution < -0.4 is 10.6 Å². The summed E-state index contributed by atoms with van der Waals surface area (Å²) in [4.78, 5) is 27.6. The largest absolute Gasteiger partial charge is 0.341 e. The van der Waals surface area contributed by atoms with Crippen LogP contribution in [-0.2, 0) is 4.79 Å². The van der Waals surface area contributed by atoms with Crippen molar-refractivity contribution in [2.45, 2.75) is 25.8 Å². The fourth-order valence-corrected chi connectivity index (χ4v) is 3.58. The molecule has 0 aliphatic carbocycles. The lowest BCUT2D eigenvalue weighted by molar-refractivity contribution is -0.134. The Balaban J connectivity index is 1.75. The first-order chi connectivity index (χ1) is 13.0. The number of hydrogen-bond donors (Lipinski definition) is 2. The van der Waals surface area contributed by atoms with Gasteiger partial charge in [-0.05, 0) is 52.4 Å². The summed E-state index contributed by atoms with van der Waals surface area (Å²) in [5.74, 6) is 0.575. The molecule has 0 saturated carbocycles. The van der Waals surface area contributed by atoms with Gasteiger partial charge in [0.2, 0.25) is 5.91 Å². The van der Waals surface area contributed by atoms with Crippen LogP contribution in [0.25, 0.3) is 0 Å². The van der Waals surface area contributed by atoms with Crippen LogP contribution in [-0.4, -0.2) is 29.9 Å². The molecule has 2 aromatic carbocycles. The maximum atomic E-state index is 13.1. The molecule has 0 radical (unpaired) electrons. The van der Waals surface area contributed by atoms with E-state index in [2.05, 4.69) is 33.5 Å². The van der Waals surface area contributed by atoms with E-state index in [1.54, 1.807) is 6.07 Å². The molecule has 0 bridgehead atoms. The van der Waals surface area contributed by atoms with Gasteiger partial charge in [0.15, 0.2) is 0 Å². The number of nitrogens with zero attached hydrogens (tertiary/aromatic N) is 1. The van der Waals surface area contributed by atoms with Gasteiger partial charge in [-0.25, -0.2) is 4.79 Å². The summed E-state index contributed by atoms with van der Waals surface area (Å²) in [7, 11) is 0. The standard InChI is InChI=1S/C21H24BrN3O2/c1-15-11-13-25(14-12-15)20(26)19(16-7-3-2-4-8-16)24-21(27)23-18-10-6-5-9-17(18)22/h2-10,15,19H,11-14H2,1H3,(H2,23,24,27)/t19-/m0/s1. The highest BCUT2D eigenvalue weighted by Gasteiger charge is 2.29. The molecule has 2 aromatic rings. The van der Waals surface area contributed by atoms with E-state index in [-0.39, 0.29) is 5.91 Å². The first-order valence-corrected chi connectivity index (χ1v) is 9.99. The zero-order valence-electron chi connectivity index (χ0n) is 15.3. The number of nitrogens with one attached hydrogen (secondary N) is 2. The van der Waals surface area contributed by atoms with Crippen molar-refractivity contribution in [3.8, 4) is 0 Å². The van der Waals surface area contributed by atoms with Crippen molar-refractivity contribution in [1.29, 1.82) is 0 Å². The highest BCUT2D eigenvalue weighted by atomic mass is 79.9. The number of likely N-dealkylation sites (tertiary alicyclic amines) is 1. The van der Waals surface area contributed by atoms with Gasteiger partial charge >= 0.3 is 6.03 Å². The minimum absolute atomic E-state index is 0.0598. The third-order valence-electron chi connectivity index (χ3n) is 4.87. The van der Waals surface area contributed by atoms with E-state index in [9.17, 15) is 9.59 Å². The minimum Gasteiger partial charge on any atom is -0.341 e. The summed E-state index contributed by atoms with van der Waals surface area (Å²) >= 11 is 3.42. The van der Waals surface area contributed by atoms with Crippen LogP contribution in [0.1, 0.15) is 31.4 Å². The number of halogens is 1. The van der Waals surface area contributed by atoms with Crippen molar-refractivity contribution in [2.75, 3.05) is 18.4 Å². The first kappa shape index (κ1) is 19.4. The second-order valence-corrected chi connectivity index (χ2v) is 7.78. The van der Waals surface area contributed by atoms with Crippen LogP contribution in [0.15, 0.2) is 59.1 Å². The molecule has 5 nitrogen and oxygen atoms in total. The van der Waals surface area contributed by atoms with Crippen molar-refractivity contribution in [2.24, 2.45) is 5.92 Å². The Bertz CT molecular complexity index is 789. The van der Waals surface area contributed by atoms with E-state index in [0.29, 0.717) is 11.6 Å². The predicted molar refractivity (Wildman–Crippen MR) is 110 cm³/mol. The number of urea groups is 1. The molecule has 0 unspecified atom stereocenters. The van der Waals surface area contributed by atoms with Crippen molar-refractivity contribution in [1.82, 2.24) is 10.2 Å². The summed E-state index contributed by atoms with van der Waals surface area (Å²) in [5.41, 5.74) is 1.43. The third-order valence-corrected chi connectivity index (χ3v) is 5.56. The molecular weight excluding hydrogens is 406 g/mol. The molecule has 1 aliphatic rings. The number of amides is 3. The van der Waals surface area contributed by atoms with E-state index in [0.717, 1.165) is 36.0 Å². The maximum Gasteiger partial charge on any atom is 0.320 e. The highest BCUT2D eigenvalue weighted by Crippen LogP contribution is 2.23. The van der Waals surface area contributed by atoms with E-state index in [1.807, 2.05) is 53.4 Å². The van der Waals surface area contributed by atoms with Gasteiger partial charge in [0.1, 0.15) is 6.04 Å². The summed E-state index contributed by atoms with van der Waals surface area (Å²) in [6, 6.07) is 15.6. The fraction of sp³-hybridized carbons (Fsp3) is 0.333. The molecule has 142 valence electrons. The summed E-state index contributed by atoms with van der Waals surface area (Å²) in [6.07, 6.45) is 1.99. The molecule has 27 heavy (non-hydrogen) atoms. The van der Waals surface area contributed by atoms with Gasteiger partial charge in [-0.1, -0.05) is 49.4 Å². The number of hydrogen-bond acceptors (Lipinski definition) is 2. The predicted octanol–water partition coefficient (Wildman–Crippen LogP) is 4.57. The Labute approximate surface area is 168 Å². The Morgan fingerprint density at radius 1 is 1.04 bits per heavy atom. The minimum atomic E-state index is -0.706. The van der Waals surface area contributed by atoms with Gasteiger partial charge in [-0.2, -0.15) is 0 Å². The van der Waals surface area contributed by atoms with E-state index < -0.39 is 12.1 Å². The van der Waals surface area contributed by atoms with Gasteiger partial charge in [0, 0.05) is 17.6 Å². The maximum absolute atomic E-state index is 13.1. The van der Waals surface area contributed by atoms with Crippen LogP contribution in [0.5, 0.6) is 0 Å². The monoisotopic (exact) mass is 429 g/mol. The number of piperidine rings is 1. The number of rotatable bonds is 4. The third kappa shape index (κ3) is 5.10. The van der Waals surface area contributed by atoms with E-state index in [4.69, 9.17) is 0 Å². The highest BCUT2D eigenvalue weighted by molar-refractivity contribution is 9.10. The summed E-state index contributed by atoms with van der Waals surface area (Å²) < 4.78 is 0.785. The zero-order chi connectivity index (χ0) is 19.2. The molecule has 6 heteroatoms. The van der Waals surface area contributed by atoms with Crippen LogP contribution in [0.2, 0.25) is 0 Å². The molecule has 1 fully saturated rings. The van der Waals surface area contributed by atoms with Crippen molar-refractivity contribution in [3.63, 3.8) is 0 Å². The van der Waals surface area contributed by atoms with Crippen LogP contribution in [0, 0.1) is 5.92 Å². The van der Waals surface area contributed by atoms with Crippen LogP contribution in [0.4, 0.5) is 10.5 Å². The Morgan fingerprint density at radius 2 is 1.67 bits per heavy atom. The molecule has 1 heterocycles. The number of carbonyl (C=O) groups is 2. The van der Waals surface area contributed by atoms with Gasteiger partial charge in [0.05, 0.1) is 5.69 Å². The average molecular weight is 430 g/mol. The number of para-hydroxylation sites is 1. The number of anilines is 1. The van der Waals surface area contributed by atoms with Gasteiger partial charge in [0.25, 0.3) is 0 Å². The van der Waals surface area contributed by atoms with Crippen LogP contribution in [0.3, 0.4) is 0 Å². The lowest BCUT2D eigenvalue weighted by atomic mass is 9.97. The van der Waals surface area contributed by atoms with Crippen molar-refractivity contribution in [3.05, 3.63) is 64.6 Å². The molecule has 0 spiro atoms. The molecule has 3 amide bonds. The topological polar surface area (TPSA) is 61.4 Å². The van der Waals surface area contributed by atoms with Gasteiger partial charge in [-0.3, -0.25) is 4.79 Å². The van der Waals surface area contributed by atoms with Gasteiger partial charge < -0.3 is 15.5 Å². The molecule has 1 aliphatic heterocycles. The lowest BCUT2D eigenvalue weighted by Crippen LogP contribution is -2.46. The smallest absolute Gasteiger partial charge is 0.320 e. The quantitative estimate of drug-likeness (QED) is 0.747. The number of benzene rings is 2. The summed E-state index contributed by atoms with van der Waals surface area (Å²) in [5, 5.41) is 5.66. The Hall–Kier alpha value is -2.34. The first-order valence-electron chi connectivity index (χ1n) is 9.20. The second kappa shape index (κ2) is 9.04.